The average Bonchev–Trinajstić information content (AvgIpc) is 3.21. The molecule has 2 N–H and O–H groups in total. The van der Waals surface area contributed by atoms with Crippen molar-refractivity contribution in [2.45, 2.75) is 25.7 Å². The predicted octanol–water partition coefficient (Wildman–Crippen LogP) is 2.07. The second-order valence-electron chi connectivity index (χ2n) is 5.60. The second-order valence-corrected chi connectivity index (χ2v) is 6.71. The van der Waals surface area contributed by atoms with Gasteiger partial charge in [0, 0.05) is 13.0 Å². The number of hydrogen-bond donors (Lipinski definition) is 2. The first-order valence-electron chi connectivity index (χ1n) is 7.81. The van der Waals surface area contributed by atoms with Crippen LogP contribution in [-0.2, 0) is 24.1 Å². The van der Waals surface area contributed by atoms with Crippen molar-refractivity contribution >= 4 is 23.2 Å². The summed E-state index contributed by atoms with van der Waals surface area (Å²) in [7, 11) is 0. The molecule has 6 nitrogen and oxygen atoms in total. The van der Waals surface area contributed by atoms with Crippen LogP contribution >= 0.6 is 11.3 Å². The lowest BCUT2D eigenvalue weighted by Crippen LogP contribution is -2.30. The number of benzene rings is 1. The lowest BCUT2D eigenvalue weighted by Gasteiger charge is -2.08. The van der Waals surface area contributed by atoms with Gasteiger partial charge in [-0.3, -0.25) is 4.79 Å². The number of ether oxygens (including phenoxy) is 1. The molecule has 7 heteroatoms. The molecule has 2 aromatic rings. The highest BCUT2D eigenvalue weighted by molar-refractivity contribution is 7.13. The number of carbonyl (C=O) groups excluding carboxylic acids is 1. The Morgan fingerprint density at radius 2 is 2.12 bits per heavy atom. The largest absolute Gasteiger partial charge is 0.484 e. The number of carboxylic acids is 1. The molecular weight excluding hydrogens is 328 g/mol. The number of thiazole rings is 1. The first-order chi connectivity index (χ1) is 11.6. The molecule has 0 bridgehead atoms. The lowest BCUT2D eigenvalue weighted by atomic mass is 10.1. The van der Waals surface area contributed by atoms with E-state index in [2.05, 4.69) is 16.4 Å². The van der Waals surface area contributed by atoms with Crippen molar-refractivity contribution in [3.8, 4) is 5.75 Å². The number of aromatic nitrogens is 1. The highest BCUT2D eigenvalue weighted by Gasteiger charge is 2.12. The minimum atomic E-state index is -0.981. The number of fused-ring (bicyclic) bond motifs is 1. The Bertz CT molecular complexity index is 757. The topological polar surface area (TPSA) is 88.5 Å². The van der Waals surface area contributed by atoms with E-state index in [4.69, 9.17) is 9.84 Å². The van der Waals surface area contributed by atoms with Gasteiger partial charge < -0.3 is 15.2 Å². The first kappa shape index (κ1) is 16.4. The summed E-state index contributed by atoms with van der Waals surface area (Å²) < 4.78 is 5.53. The zero-order valence-electron chi connectivity index (χ0n) is 13.1. The summed E-state index contributed by atoms with van der Waals surface area (Å²) in [5.74, 6) is -0.465. The molecule has 0 unspecified atom stereocenters. The van der Waals surface area contributed by atoms with Crippen LogP contribution in [0.4, 0.5) is 0 Å². The van der Waals surface area contributed by atoms with Gasteiger partial charge in [0.05, 0.1) is 11.2 Å². The van der Waals surface area contributed by atoms with Crippen molar-refractivity contribution in [3.63, 3.8) is 0 Å². The number of rotatable bonds is 7. The maximum atomic E-state index is 11.8. The van der Waals surface area contributed by atoms with Gasteiger partial charge in [0.2, 0.25) is 0 Å². The Kier molecular flexibility index (Phi) is 5.10. The Balaban J connectivity index is 1.40. The molecule has 0 saturated heterocycles. The van der Waals surface area contributed by atoms with Crippen molar-refractivity contribution in [1.29, 1.82) is 0 Å². The van der Waals surface area contributed by atoms with Gasteiger partial charge in [-0.1, -0.05) is 6.07 Å². The van der Waals surface area contributed by atoms with Crippen LogP contribution in [0.2, 0.25) is 0 Å². The molecule has 1 aliphatic rings. The number of nitrogens with zero attached hydrogens (tertiary/aromatic N) is 1. The highest BCUT2D eigenvalue weighted by Crippen LogP contribution is 2.25. The van der Waals surface area contributed by atoms with Gasteiger partial charge in [0.15, 0.2) is 6.61 Å². The standard InChI is InChI=1S/C17H18N2O4S/c20-15(18-7-6-16-19-9-14(24-16)17(21)22)10-23-13-5-4-11-2-1-3-12(11)8-13/h4-5,8-9H,1-3,6-7,10H2,(H,18,20)(H,21,22). The van der Waals surface area contributed by atoms with Gasteiger partial charge in [0.25, 0.3) is 5.91 Å². The highest BCUT2D eigenvalue weighted by atomic mass is 32.1. The van der Waals surface area contributed by atoms with Crippen LogP contribution in [0.25, 0.3) is 0 Å². The molecule has 126 valence electrons. The fourth-order valence-electron chi connectivity index (χ4n) is 2.67. The third-order valence-electron chi connectivity index (χ3n) is 3.87. The van der Waals surface area contributed by atoms with E-state index in [-0.39, 0.29) is 17.4 Å². The Morgan fingerprint density at radius 3 is 2.92 bits per heavy atom. The molecule has 0 saturated carbocycles. The smallest absolute Gasteiger partial charge is 0.347 e. The lowest BCUT2D eigenvalue weighted by molar-refractivity contribution is -0.123. The quantitative estimate of drug-likeness (QED) is 0.801. The molecule has 0 fully saturated rings. The molecule has 1 heterocycles. The van der Waals surface area contributed by atoms with E-state index in [1.165, 1.54) is 23.7 Å². The number of carbonyl (C=O) groups is 2. The zero-order valence-corrected chi connectivity index (χ0v) is 13.9. The van der Waals surface area contributed by atoms with Gasteiger partial charge >= 0.3 is 5.97 Å². The van der Waals surface area contributed by atoms with Gasteiger partial charge in [-0.05, 0) is 42.5 Å². The second kappa shape index (κ2) is 7.44. The van der Waals surface area contributed by atoms with Crippen LogP contribution in [0.15, 0.2) is 24.4 Å². The van der Waals surface area contributed by atoms with Gasteiger partial charge in [-0.25, -0.2) is 9.78 Å². The fourth-order valence-corrected chi connectivity index (χ4v) is 3.43. The molecule has 24 heavy (non-hydrogen) atoms. The van der Waals surface area contributed by atoms with Crippen LogP contribution in [0, 0.1) is 0 Å². The SMILES string of the molecule is O=C(COc1ccc2c(c1)CCC2)NCCc1ncc(C(=O)O)s1. The average molecular weight is 346 g/mol. The van der Waals surface area contributed by atoms with Gasteiger partial charge in [-0.15, -0.1) is 11.3 Å². The van der Waals surface area contributed by atoms with Crippen LogP contribution in [0.1, 0.15) is 32.2 Å². The van der Waals surface area contributed by atoms with E-state index in [1.807, 2.05) is 12.1 Å². The summed E-state index contributed by atoms with van der Waals surface area (Å²) >= 11 is 1.12. The molecule has 0 spiro atoms. The number of aromatic carboxylic acids is 1. The minimum Gasteiger partial charge on any atom is -0.484 e. The van der Waals surface area contributed by atoms with Gasteiger partial charge in [0.1, 0.15) is 10.6 Å². The number of carboxylic acid groups (broad SMARTS) is 1. The molecule has 0 radical (unpaired) electrons. The van der Waals surface area contributed by atoms with Crippen molar-refractivity contribution < 1.29 is 19.4 Å². The molecule has 1 amide bonds. The van der Waals surface area contributed by atoms with Crippen molar-refractivity contribution in [1.82, 2.24) is 10.3 Å². The summed E-state index contributed by atoms with van der Waals surface area (Å²) in [6.45, 7) is 0.371. The Morgan fingerprint density at radius 1 is 1.29 bits per heavy atom. The summed E-state index contributed by atoms with van der Waals surface area (Å²) in [4.78, 5) is 26.8. The van der Waals surface area contributed by atoms with Crippen LogP contribution in [-0.4, -0.2) is 35.1 Å². The molecule has 0 atom stereocenters. The molecule has 3 rings (SSSR count). The zero-order chi connectivity index (χ0) is 16.9. The van der Waals surface area contributed by atoms with Crippen LogP contribution < -0.4 is 10.1 Å². The maximum absolute atomic E-state index is 11.8. The molecule has 1 aromatic carbocycles. The normalized spacial score (nSPS) is 12.7. The first-order valence-corrected chi connectivity index (χ1v) is 8.63. The number of aryl methyl sites for hydroxylation is 2. The summed E-state index contributed by atoms with van der Waals surface area (Å²) in [6.07, 6.45) is 5.21. The summed E-state index contributed by atoms with van der Waals surface area (Å²) in [5, 5.41) is 12.3. The third kappa shape index (κ3) is 4.11. The molecular formula is C17H18N2O4S. The Hall–Kier alpha value is -2.41. The summed E-state index contributed by atoms with van der Waals surface area (Å²) in [6, 6.07) is 5.98. The monoisotopic (exact) mass is 346 g/mol. The van der Waals surface area contributed by atoms with Gasteiger partial charge in [-0.2, -0.15) is 0 Å². The molecule has 1 aliphatic carbocycles. The predicted molar refractivity (Wildman–Crippen MR) is 89.7 cm³/mol. The van der Waals surface area contributed by atoms with Crippen molar-refractivity contribution in [2.24, 2.45) is 0 Å². The van der Waals surface area contributed by atoms with E-state index in [9.17, 15) is 9.59 Å². The van der Waals surface area contributed by atoms with E-state index >= 15 is 0 Å². The van der Waals surface area contributed by atoms with Crippen LogP contribution in [0.3, 0.4) is 0 Å². The number of nitrogens with one attached hydrogen (secondary N) is 1. The fraction of sp³-hybridized carbons (Fsp3) is 0.353. The van der Waals surface area contributed by atoms with E-state index in [0.717, 1.165) is 29.9 Å². The van der Waals surface area contributed by atoms with Crippen molar-refractivity contribution in [3.05, 3.63) is 45.4 Å². The minimum absolute atomic E-state index is 0.0307. The maximum Gasteiger partial charge on any atom is 0.347 e. The van der Waals surface area contributed by atoms with Crippen LogP contribution in [0.5, 0.6) is 5.75 Å². The molecule has 1 aromatic heterocycles. The summed E-state index contributed by atoms with van der Waals surface area (Å²) in [5.41, 5.74) is 2.68. The Labute approximate surface area is 143 Å². The van der Waals surface area contributed by atoms with Crippen molar-refractivity contribution in [2.75, 3.05) is 13.2 Å². The molecule has 0 aliphatic heterocycles. The van der Waals surface area contributed by atoms with E-state index in [1.54, 1.807) is 0 Å². The van der Waals surface area contributed by atoms with E-state index < -0.39 is 5.97 Å². The van der Waals surface area contributed by atoms with E-state index in [0.29, 0.717) is 18.0 Å². The number of hydrogen-bond acceptors (Lipinski definition) is 5. The third-order valence-corrected chi connectivity index (χ3v) is 4.91. The number of amides is 1.